The van der Waals surface area contributed by atoms with Crippen LogP contribution in [0.4, 0.5) is 0 Å². The highest BCUT2D eigenvalue weighted by atomic mass is 16.5. The van der Waals surface area contributed by atoms with E-state index in [2.05, 4.69) is 23.1 Å². The predicted molar refractivity (Wildman–Crippen MR) is 159 cm³/mol. The molecule has 1 fully saturated rings. The van der Waals surface area contributed by atoms with Crippen LogP contribution in [-0.4, -0.2) is 42.6 Å². The number of nitrogens with zero attached hydrogens (tertiary/aromatic N) is 5. The van der Waals surface area contributed by atoms with Crippen molar-refractivity contribution in [3.05, 3.63) is 87.6 Å². The number of aryl methyl sites for hydroxylation is 1. The van der Waals surface area contributed by atoms with Crippen LogP contribution in [0.15, 0.2) is 59.7 Å². The normalized spacial score (nSPS) is 19.4. The molecule has 0 radical (unpaired) electrons. The molecule has 214 valence electrons. The minimum Gasteiger partial charge on any atom is -0.390 e. The van der Waals surface area contributed by atoms with Crippen LogP contribution in [0.1, 0.15) is 87.7 Å². The standard InChI is InChI=1S/C33H39N5O3/c1-5-9-29-28(19-23-12-13-27(25(18-23)20-34)24-10-7-6-8-11-24)30(39)37(31-35-22-36-38(29)31)26-14-16-33(41-4,17-15-26)21-32(2,3)40/h6-8,10-13,18,22,26,40H,5,9,14-17,19,21H2,1-4H3. The molecule has 1 saturated carbocycles. The van der Waals surface area contributed by atoms with Crippen LogP contribution in [-0.2, 0) is 17.6 Å². The van der Waals surface area contributed by atoms with Crippen LogP contribution in [0, 0.1) is 11.3 Å². The van der Waals surface area contributed by atoms with Gasteiger partial charge in [-0.25, -0.2) is 4.52 Å². The van der Waals surface area contributed by atoms with Gasteiger partial charge in [-0.05, 0) is 68.7 Å². The van der Waals surface area contributed by atoms with Gasteiger partial charge in [0.2, 0.25) is 5.78 Å². The molecular formula is C33H39N5O3. The van der Waals surface area contributed by atoms with Crippen LogP contribution in [0.3, 0.4) is 0 Å². The van der Waals surface area contributed by atoms with Crippen molar-refractivity contribution in [2.24, 2.45) is 0 Å². The maximum absolute atomic E-state index is 14.3. The molecule has 1 N–H and O–H groups in total. The monoisotopic (exact) mass is 553 g/mol. The smallest absolute Gasteiger partial charge is 0.259 e. The first kappa shape index (κ1) is 28.7. The van der Waals surface area contributed by atoms with E-state index in [-0.39, 0.29) is 11.6 Å². The Morgan fingerprint density at radius 1 is 1.17 bits per heavy atom. The summed E-state index contributed by atoms with van der Waals surface area (Å²) in [4.78, 5) is 18.9. The topological polar surface area (TPSA) is 105 Å². The van der Waals surface area contributed by atoms with Crippen molar-refractivity contribution in [1.29, 1.82) is 5.26 Å². The molecule has 0 saturated heterocycles. The molecule has 0 spiro atoms. The fourth-order valence-corrected chi connectivity index (χ4v) is 6.57. The zero-order chi connectivity index (χ0) is 29.2. The lowest BCUT2D eigenvalue weighted by atomic mass is 9.76. The average molecular weight is 554 g/mol. The highest BCUT2D eigenvalue weighted by Crippen LogP contribution is 2.41. The van der Waals surface area contributed by atoms with Crippen molar-refractivity contribution in [1.82, 2.24) is 19.2 Å². The fourth-order valence-electron chi connectivity index (χ4n) is 6.57. The first-order valence-corrected chi connectivity index (χ1v) is 14.5. The predicted octanol–water partition coefficient (Wildman–Crippen LogP) is 5.63. The van der Waals surface area contributed by atoms with E-state index < -0.39 is 11.2 Å². The molecule has 5 rings (SSSR count). The molecule has 0 atom stereocenters. The molecule has 41 heavy (non-hydrogen) atoms. The molecule has 8 nitrogen and oxygen atoms in total. The number of ether oxygens (including phenoxy) is 1. The SMILES string of the molecule is CCCc1c(Cc2ccc(-c3ccccc3)c(C#N)c2)c(=O)n(C2CCC(CC(C)(C)O)(OC)CC2)c2ncnn12. The van der Waals surface area contributed by atoms with Crippen LogP contribution < -0.4 is 5.56 Å². The van der Waals surface area contributed by atoms with Gasteiger partial charge in [0.1, 0.15) is 6.33 Å². The Bertz CT molecular complexity index is 1620. The van der Waals surface area contributed by atoms with Crippen LogP contribution in [0.5, 0.6) is 0 Å². The van der Waals surface area contributed by atoms with Gasteiger partial charge in [-0.2, -0.15) is 15.3 Å². The van der Waals surface area contributed by atoms with Gasteiger partial charge in [-0.15, -0.1) is 0 Å². The third-order valence-corrected chi connectivity index (χ3v) is 8.40. The minimum atomic E-state index is -0.840. The summed E-state index contributed by atoms with van der Waals surface area (Å²) in [6, 6.07) is 18.1. The van der Waals surface area contributed by atoms with E-state index in [1.165, 1.54) is 6.33 Å². The Hall–Kier alpha value is -3.80. The van der Waals surface area contributed by atoms with Crippen LogP contribution in [0.2, 0.25) is 0 Å². The summed E-state index contributed by atoms with van der Waals surface area (Å²) in [6.45, 7) is 5.72. The van der Waals surface area contributed by atoms with Crippen molar-refractivity contribution in [2.75, 3.05) is 7.11 Å². The van der Waals surface area contributed by atoms with Crippen LogP contribution >= 0.6 is 0 Å². The number of methoxy groups -OCH3 is 1. The molecule has 4 aromatic rings. The van der Waals surface area contributed by atoms with E-state index in [0.29, 0.717) is 36.2 Å². The van der Waals surface area contributed by atoms with Gasteiger partial charge in [0.25, 0.3) is 5.56 Å². The summed E-state index contributed by atoms with van der Waals surface area (Å²) in [6.07, 6.45) is 6.98. The largest absolute Gasteiger partial charge is 0.390 e. The second-order valence-electron chi connectivity index (χ2n) is 12.0. The number of hydrogen-bond acceptors (Lipinski definition) is 6. The number of aliphatic hydroxyl groups is 1. The summed E-state index contributed by atoms with van der Waals surface area (Å²) in [7, 11) is 1.71. The fraction of sp³-hybridized carbons (Fsp3) is 0.455. The molecule has 0 unspecified atom stereocenters. The molecule has 0 amide bonds. The summed E-state index contributed by atoms with van der Waals surface area (Å²) in [5, 5.41) is 25.0. The maximum Gasteiger partial charge on any atom is 0.259 e. The van der Waals surface area contributed by atoms with E-state index in [9.17, 15) is 15.2 Å². The zero-order valence-electron chi connectivity index (χ0n) is 24.4. The molecule has 2 aromatic carbocycles. The second kappa shape index (κ2) is 11.6. The van der Waals surface area contributed by atoms with Crippen LogP contribution in [0.25, 0.3) is 16.9 Å². The van der Waals surface area contributed by atoms with E-state index in [4.69, 9.17) is 4.74 Å². The first-order chi connectivity index (χ1) is 19.7. The number of aromatic nitrogens is 4. The Morgan fingerprint density at radius 3 is 2.54 bits per heavy atom. The third kappa shape index (κ3) is 5.83. The van der Waals surface area contributed by atoms with E-state index in [1.807, 2.05) is 71.5 Å². The zero-order valence-corrected chi connectivity index (χ0v) is 24.4. The summed E-state index contributed by atoms with van der Waals surface area (Å²) < 4.78 is 9.61. The van der Waals surface area contributed by atoms with E-state index in [1.54, 1.807) is 7.11 Å². The Labute approximate surface area is 241 Å². The van der Waals surface area contributed by atoms with E-state index >= 15 is 0 Å². The number of hydrogen-bond donors (Lipinski definition) is 1. The molecule has 0 bridgehead atoms. The van der Waals surface area contributed by atoms with Crippen molar-refractivity contribution < 1.29 is 9.84 Å². The summed E-state index contributed by atoms with van der Waals surface area (Å²) >= 11 is 0. The number of fused-ring (bicyclic) bond motifs is 1. The second-order valence-corrected chi connectivity index (χ2v) is 12.0. The maximum atomic E-state index is 14.3. The molecular weight excluding hydrogens is 514 g/mol. The molecule has 1 aliphatic rings. The molecule has 8 heteroatoms. The Balaban J connectivity index is 1.54. The van der Waals surface area contributed by atoms with Gasteiger partial charge < -0.3 is 9.84 Å². The van der Waals surface area contributed by atoms with Gasteiger partial charge in [0.05, 0.1) is 28.5 Å². The van der Waals surface area contributed by atoms with Gasteiger partial charge in [0, 0.05) is 31.6 Å². The number of rotatable bonds is 9. The van der Waals surface area contributed by atoms with Crippen molar-refractivity contribution in [3.8, 4) is 17.2 Å². The van der Waals surface area contributed by atoms with Crippen molar-refractivity contribution >= 4 is 5.78 Å². The molecule has 2 aromatic heterocycles. The Kier molecular flexibility index (Phi) is 8.12. The first-order valence-electron chi connectivity index (χ1n) is 14.5. The van der Waals surface area contributed by atoms with Gasteiger partial charge in [-0.1, -0.05) is 55.8 Å². The van der Waals surface area contributed by atoms with Gasteiger partial charge in [-0.3, -0.25) is 9.36 Å². The van der Waals surface area contributed by atoms with E-state index in [0.717, 1.165) is 54.5 Å². The number of nitriles is 1. The van der Waals surface area contributed by atoms with Gasteiger partial charge >= 0.3 is 0 Å². The average Bonchev–Trinajstić information content (AvgIpc) is 3.45. The summed E-state index contributed by atoms with van der Waals surface area (Å²) in [5.41, 5.74) is 3.63. The number of benzene rings is 2. The highest BCUT2D eigenvalue weighted by molar-refractivity contribution is 5.71. The highest BCUT2D eigenvalue weighted by Gasteiger charge is 2.40. The van der Waals surface area contributed by atoms with Gasteiger partial charge in [0.15, 0.2) is 0 Å². The minimum absolute atomic E-state index is 0.0444. The molecule has 0 aliphatic heterocycles. The summed E-state index contributed by atoms with van der Waals surface area (Å²) in [5.74, 6) is 0.566. The Morgan fingerprint density at radius 2 is 1.90 bits per heavy atom. The lowest BCUT2D eigenvalue weighted by molar-refractivity contribution is -0.0977. The van der Waals surface area contributed by atoms with Crippen molar-refractivity contribution in [3.63, 3.8) is 0 Å². The third-order valence-electron chi connectivity index (χ3n) is 8.40. The van der Waals surface area contributed by atoms with Crippen molar-refractivity contribution in [2.45, 2.75) is 89.4 Å². The molecule has 1 aliphatic carbocycles. The quantitative estimate of drug-likeness (QED) is 0.288. The lowest BCUT2D eigenvalue weighted by Gasteiger charge is -2.42. The molecule has 2 heterocycles. The lowest BCUT2D eigenvalue weighted by Crippen LogP contribution is -2.44.